The van der Waals surface area contributed by atoms with E-state index in [1.807, 2.05) is 48.5 Å². The molecule has 0 aliphatic carbocycles. The van der Waals surface area contributed by atoms with Crippen LogP contribution in [0.4, 0.5) is 0 Å². The smallest absolute Gasteiger partial charge is 0.252 e. The molecule has 0 saturated carbocycles. The van der Waals surface area contributed by atoms with E-state index in [1.54, 1.807) is 0 Å². The van der Waals surface area contributed by atoms with Crippen molar-refractivity contribution in [2.75, 3.05) is 0 Å². The van der Waals surface area contributed by atoms with Gasteiger partial charge in [0, 0.05) is 5.57 Å². The summed E-state index contributed by atoms with van der Waals surface area (Å²) in [6.45, 7) is 2.05. The molecule has 1 aliphatic rings. The Bertz CT molecular complexity index is 644. The van der Waals surface area contributed by atoms with Crippen LogP contribution in [0.2, 0.25) is 0 Å². The highest BCUT2D eigenvalue weighted by molar-refractivity contribution is 6.21. The van der Waals surface area contributed by atoms with Gasteiger partial charge >= 0.3 is 0 Å². The summed E-state index contributed by atoms with van der Waals surface area (Å²) in [4.78, 5) is 12.4. The minimum absolute atomic E-state index is 0.0220. The number of nitrogens with one attached hydrogen (secondary N) is 1. The lowest BCUT2D eigenvalue weighted by atomic mass is 9.89. The van der Waals surface area contributed by atoms with Gasteiger partial charge in [0.25, 0.3) is 5.91 Å². The molecule has 1 N–H and O–H groups in total. The van der Waals surface area contributed by atoms with Gasteiger partial charge in [-0.1, -0.05) is 66.2 Å². The molecule has 1 atom stereocenters. The van der Waals surface area contributed by atoms with Crippen molar-refractivity contribution < 1.29 is 4.79 Å². The van der Waals surface area contributed by atoms with Crippen LogP contribution in [0.15, 0.2) is 66.2 Å². The normalized spacial score (nSPS) is 18.9. The second-order valence-corrected chi connectivity index (χ2v) is 5.16. The van der Waals surface area contributed by atoms with Crippen LogP contribution in [0.3, 0.4) is 0 Å². The average Bonchev–Trinajstić information content (AvgIpc) is 2.48. The van der Waals surface area contributed by atoms with E-state index in [1.165, 1.54) is 0 Å². The third-order valence-corrected chi connectivity index (χ3v) is 3.73. The Hall–Kier alpha value is -2.35. The fraction of sp³-hybridized carbons (Fsp3) is 0.167. The minimum atomic E-state index is 0.0220. The number of hydrogen-bond donors (Lipinski definition) is 1. The number of carbonyl (C=O) groups excluding carboxylic acids is 1. The Labute approximate surface area is 119 Å². The lowest BCUT2D eigenvalue weighted by Gasteiger charge is -2.27. The molecule has 0 unspecified atom stereocenters. The van der Waals surface area contributed by atoms with Gasteiger partial charge in [-0.3, -0.25) is 4.79 Å². The van der Waals surface area contributed by atoms with Crippen LogP contribution in [0, 0.1) is 0 Å². The van der Waals surface area contributed by atoms with Crippen LogP contribution in [0.25, 0.3) is 5.57 Å². The molecule has 0 fully saturated rings. The lowest BCUT2D eigenvalue weighted by Crippen LogP contribution is -2.33. The summed E-state index contributed by atoms with van der Waals surface area (Å²) in [7, 11) is 0. The maximum absolute atomic E-state index is 12.4. The molecule has 0 bridgehead atoms. The molecule has 1 aliphatic heterocycles. The van der Waals surface area contributed by atoms with Crippen molar-refractivity contribution in [1.82, 2.24) is 5.32 Å². The number of hydrogen-bond acceptors (Lipinski definition) is 1. The maximum atomic E-state index is 12.4. The van der Waals surface area contributed by atoms with Gasteiger partial charge in [0.2, 0.25) is 0 Å². The second-order valence-electron chi connectivity index (χ2n) is 5.16. The van der Waals surface area contributed by atoms with Gasteiger partial charge in [-0.05, 0) is 24.5 Å². The van der Waals surface area contributed by atoms with E-state index in [9.17, 15) is 4.79 Å². The van der Waals surface area contributed by atoms with Gasteiger partial charge in [0.15, 0.2) is 0 Å². The van der Waals surface area contributed by atoms with Gasteiger partial charge in [0.05, 0.1) is 6.04 Å². The number of benzene rings is 2. The molecule has 0 spiro atoms. The fourth-order valence-electron chi connectivity index (χ4n) is 2.75. The largest absolute Gasteiger partial charge is 0.345 e. The van der Waals surface area contributed by atoms with E-state index in [4.69, 9.17) is 0 Å². The van der Waals surface area contributed by atoms with Crippen molar-refractivity contribution in [3.63, 3.8) is 0 Å². The van der Waals surface area contributed by atoms with Gasteiger partial charge in [0.1, 0.15) is 0 Å². The number of carbonyl (C=O) groups is 1. The Kier molecular flexibility index (Phi) is 3.38. The Balaban J connectivity index is 1.94. The van der Waals surface area contributed by atoms with Crippen molar-refractivity contribution in [3.8, 4) is 0 Å². The van der Waals surface area contributed by atoms with E-state index < -0.39 is 0 Å². The van der Waals surface area contributed by atoms with Crippen LogP contribution >= 0.6 is 0 Å². The summed E-state index contributed by atoms with van der Waals surface area (Å²) in [6.07, 6.45) is 0.861. The highest BCUT2D eigenvalue weighted by Crippen LogP contribution is 2.31. The summed E-state index contributed by atoms with van der Waals surface area (Å²) < 4.78 is 0. The molecular formula is C18H17NO. The van der Waals surface area contributed by atoms with Gasteiger partial charge in [-0.15, -0.1) is 0 Å². The molecule has 0 saturated heterocycles. The highest BCUT2D eigenvalue weighted by Gasteiger charge is 2.26. The summed E-state index contributed by atoms with van der Waals surface area (Å²) in [5.74, 6) is 0.0220. The maximum Gasteiger partial charge on any atom is 0.252 e. The third-order valence-electron chi connectivity index (χ3n) is 3.73. The van der Waals surface area contributed by atoms with Crippen LogP contribution in [-0.4, -0.2) is 5.91 Å². The van der Waals surface area contributed by atoms with Crippen molar-refractivity contribution in [2.45, 2.75) is 19.4 Å². The molecule has 20 heavy (non-hydrogen) atoms. The Morgan fingerprint density at radius 3 is 2.15 bits per heavy atom. The predicted octanol–water partition coefficient (Wildman–Crippen LogP) is 3.72. The quantitative estimate of drug-likeness (QED) is 0.879. The van der Waals surface area contributed by atoms with E-state index in [-0.39, 0.29) is 11.9 Å². The average molecular weight is 263 g/mol. The van der Waals surface area contributed by atoms with Gasteiger partial charge in [-0.25, -0.2) is 0 Å². The first-order valence-electron chi connectivity index (χ1n) is 6.86. The van der Waals surface area contributed by atoms with Crippen LogP contribution in [0.1, 0.15) is 30.5 Å². The predicted molar refractivity (Wildman–Crippen MR) is 81.0 cm³/mol. The monoisotopic (exact) mass is 263 g/mol. The molecule has 100 valence electrons. The van der Waals surface area contributed by atoms with Crippen LogP contribution in [0.5, 0.6) is 0 Å². The highest BCUT2D eigenvalue weighted by atomic mass is 16.1. The van der Waals surface area contributed by atoms with E-state index in [0.717, 1.165) is 28.7 Å². The number of rotatable bonds is 2. The molecule has 0 aromatic heterocycles. The standard InChI is InChI=1S/C18H17NO/c1-13-12-16(14-8-4-2-5-9-14)19-18(20)17(13)15-10-6-3-7-11-15/h2-11,16H,12H2,1H3,(H,19,20)/t16-/m1/s1. The number of amides is 1. The molecule has 2 aromatic carbocycles. The fourth-order valence-corrected chi connectivity index (χ4v) is 2.75. The summed E-state index contributed by atoms with van der Waals surface area (Å²) in [5.41, 5.74) is 4.12. The van der Waals surface area contributed by atoms with E-state index in [2.05, 4.69) is 24.4 Å². The molecule has 0 radical (unpaired) electrons. The molecule has 2 aromatic rings. The zero-order valence-electron chi connectivity index (χ0n) is 11.5. The molecular weight excluding hydrogens is 246 g/mol. The van der Waals surface area contributed by atoms with Crippen molar-refractivity contribution in [1.29, 1.82) is 0 Å². The molecule has 2 heteroatoms. The molecule has 2 nitrogen and oxygen atoms in total. The van der Waals surface area contributed by atoms with Crippen molar-refractivity contribution >= 4 is 11.5 Å². The summed E-state index contributed by atoms with van der Waals surface area (Å²) in [5, 5.41) is 3.11. The first kappa shape index (κ1) is 12.7. The minimum Gasteiger partial charge on any atom is -0.345 e. The molecule has 1 amide bonds. The lowest BCUT2D eigenvalue weighted by molar-refractivity contribution is -0.116. The molecule has 1 heterocycles. The Morgan fingerprint density at radius 1 is 0.950 bits per heavy atom. The van der Waals surface area contributed by atoms with Crippen LogP contribution < -0.4 is 5.32 Å². The zero-order chi connectivity index (χ0) is 13.9. The van der Waals surface area contributed by atoms with Crippen LogP contribution in [-0.2, 0) is 4.79 Å². The Morgan fingerprint density at radius 2 is 1.55 bits per heavy atom. The van der Waals surface area contributed by atoms with Gasteiger partial charge in [-0.2, -0.15) is 0 Å². The first-order valence-corrected chi connectivity index (χ1v) is 6.86. The topological polar surface area (TPSA) is 29.1 Å². The third kappa shape index (κ3) is 2.37. The second kappa shape index (κ2) is 5.33. The first-order chi connectivity index (χ1) is 9.75. The van der Waals surface area contributed by atoms with Crippen molar-refractivity contribution in [2.24, 2.45) is 0 Å². The van der Waals surface area contributed by atoms with E-state index >= 15 is 0 Å². The summed E-state index contributed by atoms with van der Waals surface area (Å²) in [6, 6.07) is 20.1. The zero-order valence-corrected chi connectivity index (χ0v) is 11.5. The van der Waals surface area contributed by atoms with Gasteiger partial charge < -0.3 is 5.32 Å². The molecule has 3 rings (SSSR count). The SMILES string of the molecule is CC1=C(c2ccccc2)C(=O)N[C@@H](c2ccccc2)C1. The van der Waals surface area contributed by atoms with E-state index in [0.29, 0.717) is 0 Å². The van der Waals surface area contributed by atoms with Crippen molar-refractivity contribution in [3.05, 3.63) is 77.4 Å². The summed E-state index contributed by atoms with van der Waals surface area (Å²) >= 11 is 0.